The SMILES string of the molecule is CCc1nc2ccccc2n1-c1ccc(-c2c3ccccc3c(-c3cc(-c4ccccc4)cc(-c4ccccc4)c3)c3ccc(-c4ccccc4)cc23)cc1. The van der Waals surface area contributed by atoms with Crippen LogP contribution in [0.2, 0.25) is 0 Å². The minimum absolute atomic E-state index is 0.854. The van der Waals surface area contributed by atoms with Crippen LogP contribution in [0.15, 0.2) is 200 Å². The second-order valence-electron chi connectivity index (χ2n) is 14.2. The molecule has 10 rings (SSSR count). The lowest BCUT2D eigenvalue weighted by Gasteiger charge is -2.20. The van der Waals surface area contributed by atoms with Crippen molar-refractivity contribution in [1.82, 2.24) is 9.55 Å². The second-order valence-corrected chi connectivity index (χ2v) is 14.2. The number of hydrogen-bond acceptors (Lipinski definition) is 1. The van der Waals surface area contributed by atoms with Crippen LogP contribution in [0.3, 0.4) is 0 Å². The van der Waals surface area contributed by atoms with Gasteiger partial charge in [-0.3, -0.25) is 4.57 Å². The molecule has 0 aliphatic heterocycles. The van der Waals surface area contributed by atoms with Gasteiger partial charge in [-0.1, -0.05) is 159 Å². The molecule has 0 bridgehead atoms. The number of aryl methyl sites for hydroxylation is 1. The van der Waals surface area contributed by atoms with E-state index in [1.807, 2.05) is 0 Å². The number of aromatic nitrogens is 2. The lowest BCUT2D eigenvalue weighted by Crippen LogP contribution is -2.00. The van der Waals surface area contributed by atoms with E-state index in [1.165, 1.54) is 77.2 Å². The lowest BCUT2D eigenvalue weighted by molar-refractivity contribution is 0.908. The predicted octanol–water partition coefficient (Wildman–Crippen LogP) is 14.2. The third-order valence-electron chi connectivity index (χ3n) is 10.9. The molecule has 0 saturated carbocycles. The molecule has 10 aromatic rings. The molecule has 55 heavy (non-hydrogen) atoms. The molecule has 0 aliphatic carbocycles. The average Bonchev–Trinajstić information content (AvgIpc) is 3.65. The Morgan fingerprint density at radius 1 is 0.364 bits per heavy atom. The van der Waals surface area contributed by atoms with Gasteiger partial charge in [0.1, 0.15) is 5.82 Å². The van der Waals surface area contributed by atoms with Crippen LogP contribution in [0.5, 0.6) is 0 Å². The highest BCUT2D eigenvalue weighted by molar-refractivity contribution is 6.22. The highest BCUT2D eigenvalue weighted by Crippen LogP contribution is 2.46. The summed E-state index contributed by atoms with van der Waals surface area (Å²) < 4.78 is 2.30. The van der Waals surface area contributed by atoms with E-state index in [4.69, 9.17) is 4.98 Å². The van der Waals surface area contributed by atoms with Gasteiger partial charge >= 0.3 is 0 Å². The zero-order valence-electron chi connectivity index (χ0n) is 30.7. The van der Waals surface area contributed by atoms with Crippen molar-refractivity contribution >= 4 is 32.6 Å². The van der Waals surface area contributed by atoms with Crippen LogP contribution in [0.1, 0.15) is 12.7 Å². The average molecular weight is 703 g/mol. The van der Waals surface area contributed by atoms with Crippen molar-refractivity contribution < 1.29 is 0 Å². The fourth-order valence-corrected chi connectivity index (χ4v) is 8.36. The molecule has 1 aromatic heterocycles. The van der Waals surface area contributed by atoms with Gasteiger partial charge in [0.15, 0.2) is 0 Å². The van der Waals surface area contributed by atoms with Crippen molar-refractivity contribution in [3.63, 3.8) is 0 Å². The number of para-hydroxylation sites is 2. The molecule has 0 unspecified atom stereocenters. The summed E-state index contributed by atoms with van der Waals surface area (Å²) in [6.07, 6.45) is 0.854. The van der Waals surface area contributed by atoms with Crippen molar-refractivity contribution in [2.45, 2.75) is 13.3 Å². The molecule has 0 aliphatic rings. The molecular formula is C53H38N2. The van der Waals surface area contributed by atoms with Gasteiger partial charge in [-0.05, 0) is 126 Å². The van der Waals surface area contributed by atoms with E-state index in [9.17, 15) is 0 Å². The molecule has 9 aromatic carbocycles. The molecule has 2 heteroatoms. The molecule has 0 fully saturated rings. The lowest BCUT2D eigenvalue weighted by atomic mass is 9.83. The third kappa shape index (κ3) is 5.80. The van der Waals surface area contributed by atoms with Gasteiger partial charge < -0.3 is 0 Å². The Morgan fingerprint density at radius 3 is 1.44 bits per heavy atom. The zero-order chi connectivity index (χ0) is 36.7. The van der Waals surface area contributed by atoms with Gasteiger partial charge in [-0.15, -0.1) is 0 Å². The van der Waals surface area contributed by atoms with E-state index in [-0.39, 0.29) is 0 Å². The van der Waals surface area contributed by atoms with Crippen LogP contribution in [-0.2, 0) is 6.42 Å². The van der Waals surface area contributed by atoms with Crippen LogP contribution in [-0.4, -0.2) is 9.55 Å². The molecule has 2 nitrogen and oxygen atoms in total. The first-order valence-corrected chi connectivity index (χ1v) is 19.1. The van der Waals surface area contributed by atoms with Gasteiger partial charge in [0.05, 0.1) is 11.0 Å². The fourth-order valence-electron chi connectivity index (χ4n) is 8.36. The Labute approximate surface area is 321 Å². The van der Waals surface area contributed by atoms with E-state index in [1.54, 1.807) is 0 Å². The first-order valence-electron chi connectivity index (χ1n) is 19.1. The number of nitrogens with zero attached hydrogens (tertiary/aromatic N) is 2. The number of fused-ring (bicyclic) bond motifs is 3. The minimum Gasteiger partial charge on any atom is -0.296 e. The Morgan fingerprint density at radius 2 is 0.836 bits per heavy atom. The van der Waals surface area contributed by atoms with Crippen molar-refractivity contribution in [3.05, 3.63) is 206 Å². The molecule has 1 heterocycles. The first kappa shape index (κ1) is 32.6. The van der Waals surface area contributed by atoms with Crippen LogP contribution in [0.4, 0.5) is 0 Å². The van der Waals surface area contributed by atoms with Crippen LogP contribution in [0.25, 0.3) is 93.9 Å². The largest absolute Gasteiger partial charge is 0.296 e. The monoisotopic (exact) mass is 702 g/mol. The summed E-state index contributed by atoms with van der Waals surface area (Å²) >= 11 is 0. The van der Waals surface area contributed by atoms with Crippen molar-refractivity contribution in [2.24, 2.45) is 0 Å². The minimum atomic E-state index is 0.854. The van der Waals surface area contributed by atoms with Crippen LogP contribution < -0.4 is 0 Å². The second kappa shape index (κ2) is 13.7. The first-order chi connectivity index (χ1) is 27.2. The highest BCUT2D eigenvalue weighted by Gasteiger charge is 2.20. The van der Waals surface area contributed by atoms with Gasteiger partial charge in [0.2, 0.25) is 0 Å². The summed E-state index contributed by atoms with van der Waals surface area (Å²) in [6, 6.07) is 72.8. The summed E-state index contributed by atoms with van der Waals surface area (Å²) in [4.78, 5) is 4.96. The molecule has 0 amide bonds. The Kier molecular flexibility index (Phi) is 8.15. The van der Waals surface area contributed by atoms with Crippen molar-refractivity contribution in [1.29, 1.82) is 0 Å². The summed E-state index contributed by atoms with van der Waals surface area (Å²) in [6.45, 7) is 2.18. The van der Waals surface area contributed by atoms with E-state index < -0.39 is 0 Å². The molecular weight excluding hydrogens is 665 g/mol. The smallest absolute Gasteiger partial charge is 0.114 e. The standard InChI is InChI=1S/C53H38N2/c1-2-51-54-49-24-14-15-25-50(49)55(51)44-29-26-39(27-30-44)52-45-22-12-13-23-46(45)53(47-31-28-40(35-48(47)52)36-16-6-3-7-17-36)43-33-41(37-18-8-4-9-19-37)32-42(34-43)38-20-10-5-11-21-38/h3-35H,2H2,1H3. The van der Waals surface area contributed by atoms with Gasteiger partial charge in [-0.2, -0.15) is 0 Å². The summed E-state index contributed by atoms with van der Waals surface area (Å²) in [5.74, 6) is 1.06. The molecule has 0 spiro atoms. The quantitative estimate of drug-likeness (QED) is 0.151. The Bertz CT molecular complexity index is 2920. The van der Waals surface area contributed by atoms with Crippen molar-refractivity contribution in [2.75, 3.05) is 0 Å². The molecule has 0 atom stereocenters. The Hall–Kier alpha value is -7.03. The normalized spacial score (nSPS) is 11.4. The summed E-state index contributed by atoms with van der Waals surface area (Å²) in [7, 11) is 0. The third-order valence-corrected chi connectivity index (χ3v) is 10.9. The number of rotatable bonds is 7. The van der Waals surface area contributed by atoms with Gasteiger partial charge in [-0.25, -0.2) is 4.98 Å². The maximum Gasteiger partial charge on any atom is 0.114 e. The maximum atomic E-state index is 4.96. The van der Waals surface area contributed by atoms with Gasteiger partial charge in [0, 0.05) is 12.1 Å². The highest BCUT2D eigenvalue weighted by atomic mass is 15.1. The van der Waals surface area contributed by atoms with E-state index in [0.717, 1.165) is 29.0 Å². The maximum absolute atomic E-state index is 4.96. The number of hydrogen-bond donors (Lipinski definition) is 0. The molecule has 260 valence electrons. The van der Waals surface area contributed by atoms with Crippen molar-refractivity contribution in [3.8, 4) is 61.3 Å². The summed E-state index contributed by atoms with van der Waals surface area (Å²) in [5.41, 5.74) is 15.4. The van der Waals surface area contributed by atoms with Crippen LogP contribution >= 0.6 is 0 Å². The fraction of sp³-hybridized carbons (Fsp3) is 0.0377. The predicted molar refractivity (Wildman–Crippen MR) is 233 cm³/mol. The molecule has 0 N–H and O–H groups in total. The topological polar surface area (TPSA) is 17.8 Å². The van der Waals surface area contributed by atoms with Crippen LogP contribution in [0, 0.1) is 0 Å². The summed E-state index contributed by atoms with van der Waals surface area (Å²) in [5, 5.41) is 4.93. The van der Waals surface area contributed by atoms with E-state index in [0.29, 0.717) is 0 Å². The number of imidazole rings is 1. The molecule has 0 radical (unpaired) electrons. The Balaban J connectivity index is 1.25. The number of benzene rings is 9. The van der Waals surface area contributed by atoms with E-state index >= 15 is 0 Å². The zero-order valence-corrected chi connectivity index (χ0v) is 30.7. The van der Waals surface area contributed by atoms with Gasteiger partial charge in [0.25, 0.3) is 0 Å². The molecule has 0 saturated heterocycles. The van der Waals surface area contributed by atoms with E-state index in [2.05, 4.69) is 212 Å².